The molecule has 0 fully saturated rings. The number of nitrogens with one attached hydrogen (secondary N) is 1. The van der Waals surface area contributed by atoms with Crippen LogP contribution in [-0.4, -0.2) is 36.9 Å². The van der Waals surface area contributed by atoms with Gasteiger partial charge in [0.25, 0.3) is 5.91 Å². The lowest BCUT2D eigenvalue weighted by atomic mass is 10.2. The van der Waals surface area contributed by atoms with Crippen molar-refractivity contribution in [1.82, 2.24) is 10.2 Å². The second-order valence-corrected chi connectivity index (χ2v) is 5.02. The van der Waals surface area contributed by atoms with Crippen LogP contribution in [0.3, 0.4) is 0 Å². The Morgan fingerprint density at radius 3 is 2.50 bits per heavy atom. The number of rotatable bonds is 3. The number of carbonyl (C=O) groups excluding carboxylic acids is 2. The number of hydrogen-bond acceptors (Lipinski definition) is 3. The summed E-state index contributed by atoms with van der Waals surface area (Å²) >= 11 is 3.25. The molecule has 3 N–H and O–H groups in total. The highest BCUT2D eigenvalue weighted by molar-refractivity contribution is 9.10. The van der Waals surface area contributed by atoms with Crippen LogP contribution in [-0.2, 0) is 4.79 Å². The smallest absolute Gasteiger partial charge is 0.251 e. The topological polar surface area (TPSA) is 75.4 Å². The second-order valence-electron chi connectivity index (χ2n) is 4.16. The number of nitrogens with two attached hydrogens (primary N) is 1. The van der Waals surface area contributed by atoms with Crippen molar-refractivity contribution in [2.24, 2.45) is 0 Å². The summed E-state index contributed by atoms with van der Waals surface area (Å²) in [6.45, 7) is 1.65. The first-order valence-corrected chi connectivity index (χ1v) is 6.19. The van der Waals surface area contributed by atoms with Crippen LogP contribution in [0.2, 0.25) is 0 Å². The Morgan fingerprint density at radius 1 is 1.39 bits per heavy atom. The molecule has 98 valence electrons. The van der Waals surface area contributed by atoms with Crippen LogP contribution >= 0.6 is 15.9 Å². The molecule has 0 spiro atoms. The molecule has 0 bridgehead atoms. The lowest BCUT2D eigenvalue weighted by Gasteiger charge is -2.18. The molecule has 0 saturated carbocycles. The monoisotopic (exact) mass is 313 g/mol. The first-order valence-electron chi connectivity index (χ1n) is 5.40. The number of benzene rings is 1. The van der Waals surface area contributed by atoms with Gasteiger partial charge in [0.2, 0.25) is 5.91 Å². The van der Waals surface area contributed by atoms with Crippen molar-refractivity contribution >= 4 is 33.4 Å². The summed E-state index contributed by atoms with van der Waals surface area (Å²) in [4.78, 5) is 24.9. The minimum atomic E-state index is -0.566. The van der Waals surface area contributed by atoms with E-state index in [1.807, 2.05) is 0 Å². The SMILES string of the molecule is CC(NC(=O)c1ccc(N)c(Br)c1)C(=O)N(C)C. The molecular weight excluding hydrogens is 298 g/mol. The Bertz CT molecular complexity index is 474. The summed E-state index contributed by atoms with van der Waals surface area (Å²) in [6, 6.07) is 4.31. The number of halogens is 1. The van der Waals surface area contributed by atoms with Crippen molar-refractivity contribution < 1.29 is 9.59 Å². The van der Waals surface area contributed by atoms with E-state index in [-0.39, 0.29) is 11.8 Å². The molecule has 0 saturated heterocycles. The van der Waals surface area contributed by atoms with Crippen molar-refractivity contribution in [3.05, 3.63) is 28.2 Å². The summed E-state index contributed by atoms with van der Waals surface area (Å²) < 4.78 is 0.654. The number of nitrogens with zero attached hydrogens (tertiary/aromatic N) is 1. The highest BCUT2D eigenvalue weighted by Gasteiger charge is 2.18. The van der Waals surface area contributed by atoms with Gasteiger partial charge < -0.3 is 16.0 Å². The molecule has 1 rings (SSSR count). The normalized spacial score (nSPS) is 11.8. The number of carbonyl (C=O) groups is 2. The van der Waals surface area contributed by atoms with E-state index < -0.39 is 6.04 Å². The molecule has 1 unspecified atom stereocenters. The Kier molecular flexibility index (Phi) is 4.72. The number of nitrogen functional groups attached to an aromatic ring is 1. The van der Waals surface area contributed by atoms with Gasteiger partial charge in [0.15, 0.2) is 0 Å². The van der Waals surface area contributed by atoms with Crippen LogP contribution in [0.4, 0.5) is 5.69 Å². The molecule has 0 aliphatic carbocycles. The van der Waals surface area contributed by atoms with Crippen LogP contribution in [0, 0.1) is 0 Å². The van der Waals surface area contributed by atoms with E-state index in [9.17, 15) is 9.59 Å². The fourth-order valence-corrected chi connectivity index (χ4v) is 1.78. The number of hydrogen-bond donors (Lipinski definition) is 2. The summed E-state index contributed by atoms with van der Waals surface area (Å²) in [5, 5.41) is 2.63. The fourth-order valence-electron chi connectivity index (χ4n) is 1.40. The molecule has 1 atom stereocenters. The van der Waals surface area contributed by atoms with Gasteiger partial charge >= 0.3 is 0 Å². The van der Waals surface area contributed by atoms with Crippen LogP contribution in [0.5, 0.6) is 0 Å². The molecule has 0 aromatic heterocycles. The third-order valence-electron chi connectivity index (χ3n) is 2.42. The predicted octanol–water partition coefficient (Wildman–Crippen LogP) is 1.24. The van der Waals surface area contributed by atoms with E-state index in [1.165, 1.54) is 4.90 Å². The van der Waals surface area contributed by atoms with Gasteiger partial charge in [0.05, 0.1) is 0 Å². The molecule has 1 aromatic carbocycles. The van der Waals surface area contributed by atoms with Gasteiger partial charge in [-0.2, -0.15) is 0 Å². The average Bonchev–Trinajstić information content (AvgIpc) is 2.31. The van der Waals surface area contributed by atoms with E-state index in [0.29, 0.717) is 15.7 Å². The molecule has 6 heteroatoms. The van der Waals surface area contributed by atoms with Gasteiger partial charge in [-0.1, -0.05) is 0 Å². The minimum absolute atomic E-state index is 0.155. The molecule has 1 aromatic rings. The molecule has 2 amide bonds. The summed E-state index contributed by atoms with van der Waals surface area (Å²) in [5.74, 6) is -0.462. The summed E-state index contributed by atoms with van der Waals surface area (Å²) in [5.41, 5.74) is 6.65. The zero-order valence-corrected chi connectivity index (χ0v) is 12.1. The third-order valence-corrected chi connectivity index (χ3v) is 3.11. The number of likely N-dealkylation sites (N-methyl/N-ethyl adjacent to an activating group) is 1. The summed E-state index contributed by atoms with van der Waals surface area (Å²) in [6.07, 6.45) is 0. The number of amides is 2. The minimum Gasteiger partial charge on any atom is -0.398 e. The quantitative estimate of drug-likeness (QED) is 0.824. The molecular formula is C12H16BrN3O2. The standard InChI is InChI=1S/C12H16BrN3O2/c1-7(12(18)16(2)3)15-11(17)8-4-5-10(14)9(13)6-8/h4-7H,14H2,1-3H3,(H,15,17). The fraction of sp³-hybridized carbons (Fsp3) is 0.333. The molecule has 0 heterocycles. The molecule has 18 heavy (non-hydrogen) atoms. The molecule has 0 radical (unpaired) electrons. The average molecular weight is 314 g/mol. The highest BCUT2D eigenvalue weighted by atomic mass is 79.9. The van der Waals surface area contributed by atoms with Crippen molar-refractivity contribution in [3.8, 4) is 0 Å². The maximum atomic E-state index is 11.9. The predicted molar refractivity (Wildman–Crippen MR) is 74.2 cm³/mol. The van der Waals surface area contributed by atoms with E-state index in [0.717, 1.165) is 0 Å². The highest BCUT2D eigenvalue weighted by Crippen LogP contribution is 2.20. The zero-order chi connectivity index (χ0) is 13.9. The zero-order valence-electron chi connectivity index (χ0n) is 10.5. The van der Waals surface area contributed by atoms with E-state index in [2.05, 4.69) is 21.2 Å². The van der Waals surface area contributed by atoms with Crippen molar-refractivity contribution in [2.45, 2.75) is 13.0 Å². The first-order chi connectivity index (χ1) is 8.32. The maximum Gasteiger partial charge on any atom is 0.251 e. The van der Waals surface area contributed by atoms with Gasteiger partial charge in [-0.05, 0) is 41.1 Å². The number of anilines is 1. The van der Waals surface area contributed by atoms with Crippen LogP contribution in [0.25, 0.3) is 0 Å². The lowest BCUT2D eigenvalue weighted by Crippen LogP contribution is -2.44. The Morgan fingerprint density at radius 2 is 2.00 bits per heavy atom. The molecule has 5 nitrogen and oxygen atoms in total. The van der Waals surface area contributed by atoms with Gasteiger partial charge in [0, 0.05) is 29.8 Å². The third kappa shape index (κ3) is 3.46. The van der Waals surface area contributed by atoms with Crippen LogP contribution in [0.1, 0.15) is 17.3 Å². The Balaban J connectivity index is 2.76. The lowest BCUT2D eigenvalue weighted by molar-refractivity contribution is -0.130. The molecule has 0 aliphatic heterocycles. The van der Waals surface area contributed by atoms with Gasteiger partial charge in [-0.15, -0.1) is 0 Å². The first kappa shape index (κ1) is 14.5. The van der Waals surface area contributed by atoms with Crippen LogP contribution < -0.4 is 11.1 Å². The van der Waals surface area contributed by atoms with Gasteiger partial charge in [0.1, 0.15) is 6.04 Å². The van der Waals surface area contributed by atoms with Gasteiger partial charge in [-0.3, -0.25) is 9.59 Å². The van der Waals surface area contributed by atoms with Crippen molar-refractivity contribution in [2.75, 3.05) is 19.8 Å². The molecule has 0 aliphatic rings. The van der Waals surface area contributed by atoms with Crippen molar-refractivity contribution in [3.63, 3.8) is 0 Å². The largest absolute Gasteiger partial charge is 0.398 e. The maximum absolute atomic E-state index is 11.9. The van der Waals surface area contributed by atoms with Gasteiger partial charge in [-0.25, -0.2) is 0 Å². The second kappa shape index (κ2) is 5.86. The van der Waals surface area contributed by atoms with E-state index >= 15 is 0 Å². The van der Waals surface area contributed by atoms with Crippen molar-refractivity contribution in [1.29, 1.82) is 0 Å². The van der Waals surface area contributed by atoms with E-state index in [4.69, 9.17) is 5.73 Å². The summed E-state index contributed by atoms with van der Waals surface area (Å²) in [7, 11) is 3.29. The van der Waals surface area contributed by atoms with Crippen LogP contribution in [0.15, 0.2) is 22.7 Å². The Hall–Kier alpha value is -1.56. The Labute approximate surface area is 114 Å². The van der Waals surface area contributed by atoms with E-state index in [1.54, 1.807) is 39.2 Å².